The SMILES string of the molecule is CCOC(=O)c1ccc(OCc2ccccc2F)c(OCC)c1. The van der Waals surface area contributed by atoms with Crippen LogP contribution >= 0.6 is 0 Å². The van der Waals surface area contributed by atoms with Crippen molar-refractivity contribution in [1.82, 2.24) is 0 Å². The summed E-state index contributed by atoms with van der Waals surface area (Å²) in [5.74, 6) is 0.125. The summed E-state index contributed by atoms with van der Waals surface area (Å²) >= 11 is 0. The van der Waals surface area contributed by atoms with Crippen LogP contribution in [0.4, 0.5) is 4.39 Å². The van der Waals surface area contributed by atoms with Crippen LogP contribution in [-0.4, -0.2) is 19.2 Å². The fraction of sp³-hybridized carbons (Fsp3) is 0.278. The summed E-state index contributed by atoms with van der Waals surface area (Å²) in [6, 6.07) is 11.2. The summed E-state index contributed by atoms with van der Waals surface area (Å²) in [6.07, 6.45) is 0. The van der Waals surface area contributed by atoms with Crippen LogP contribution in [0.2, 0.25) is 0 Å². The largest absolute Gasteiger partial charge is 0.490 e. The van der Waals surface area contributed by atoms with E-state index < -0.39 is 5.97 Å². The Kier molecular flexibility index (Phi) is 5.97. The Balaban J connectivity index is 2.17. The standard InChI is InChI=1S/C18H19FO4/c1-3-21-17-11-13(18(20)22-4-2)9-10-16(17)23-12-14-7-5-6-8-15(14)19/h5-11H,3-4,12H2,1-2H3. The lowest BCUT2D eigenvalue weighted by molar-refractivity contribution is 0.0525. The van der Waals surface area contributed by atoms with Crippen molar-refractivity contribution in [3.8, 4) is 11.5 Å². The van der Waals surface area contributed by atoms with Gasteiger partial charge in [0.05, 0.1) is 18.8 Å². The summed E-state index contributed by atoms with van der Waals surface area (Å²) in [5, 5.41) is 0. The lowest BCUT2D eigenvalue weighted by Gasteiger charge is -2.13. The molecular weight excluding hydrogens is 299 g/mol. The van der Waals surface area contributed by atoms with Crippen LogP contribution in [0.1, 0.15) is 29.8 Å². The van der Waals surface area contributed by atoms with Gasteiger partial charge in [0.25, 0.3) is 0 Å². The minimum atomic E-state index is -0.422. The molecule has 0 saturated heterocycles. The van der Waals surface area contributed by atoms with Gasteiger partial charge in [-0.1, -0.05) is 18.2 Å². The van der Waals surface area contributed by atoms with Crippen molar-refractivity contribution in [2.24, 2.45) is 0 Å². The second kappa shape index (κ2) is 8.17. The van der Waals surface area contributed by atoms with Crippen LogP contribution in [0.5, 0.6) is 11.5 Å². The van der Waals surface area contributed by atoms with E-state index in [4.69, 9.17) is 14.2 Å². The van der Waals surface area contributed by atoms with E-state index in [0.29, 0.717) is 35.8 Å². The van der Waals surface area contributed by atoms with Gasteiger partial charge in [0, 0.05) is 5.56 Å². The van der Waals surface area contributed by atoms with Crippen LogP contribution in [-0.2, 0) is 11.3 Å². The molecule has 122 valence electrons. The van der Waals surface area contributed by atoms with Gasteiger partial charge in [-0.25, -0.2) is 9.18 Å². The summed E-state index contributed by atoms with van der Waals surface area (Å²) in [7, 11) is 0. The first-order valence-corrected chi connectivity index (χ1v) is 7.45. The molecule has 0 aliphatic heterocycles. The van der Waals surface area contributed by atoms with Gasteiger partial charge in [-0.3, -0.25) is 0 Å². The van der Waals surface area contributed by atoms with Crippen molar-refractivity contribution in [2.45, 2.75) is 20.5 Å². The van der Waals surface area contributed by atoms with Gasteiger partial charge in [-0.05, 0) is 38.1 Å². The van der Waals surface area contributed by atoms with Crippen LogP contribution in [0.15, 0.2) is 42.5 Å². The Hall–Kier alpha value is -2.56. The number of benzene rings is 2. The Morgan fingerprint density at radius 3 is 2.48 bits per heavy atom. The lowest BCUT2D eigenvalue weighted by atomic mass is 10.2. The maximum Gasteiger partial charge on any atom is 0.338 e. The maximum absolute atomic E-state index is 13.6. The Bertz CT molecular complexity index is 670. The first-order valence-electron chi connectivity index (χ1n) is 7.45. The molecule has 0 saturated carbocycles. The van der Waals surface area contributed by atoms with Gasteiger partial charge < -0.3 is 14.2 Å². The lowest BCUT2D eigenvalue weighted by Crippen LogP contribution is -2.06. The Morgan fingerprint density at radius 2 is 1.78 bits per heavy atom. The van der Waals surface area contributed by atoms with Crippen LogP contribution in [0, 0.1) is 5.82 Å². The fourth-order valence-corrected chi connectivity index (χ4v) is 2.01. The van der Waals surface area contributed by atoms with E-state index in [1.165, 1.54) is 6.07 Å². The minimum absolute atomic E-state index is 0.0749. The first kappa shape index (κ1) is 16.8. The number of rotatable bonds is 7. The number of halogens is 1. The van der Waals surface area contributed by atoms with Crippen LogP contribution in [0.3, 0.4) is 0 Å². The minimum Gasteiger partial charge on any atom is -0.490 e. The highest BCUT2D eigenvalue weighted by Gasteiger charge is 2.13. The highest BCUT2D eigenvalue weighted by molar-refractivity contribution is 5.90. The molecule has 0 heterocycles. The van der Waals surface area contributed by atoms with Gasteiger partial charge in [-0.2, -0.15) is 0 Å². The van der Waals surface area contributed by atoms with E-state index >= 15 is 0 Å². The van der Waals surface area contributed by atoms with E-state index in [1.807, 2.05) is 6.92 Å². The molecule has 0 N–H and O–H groups in total. The predicted molar refractivity (Wildman–Crippen MR) is 84.3 cm³/mol. The van der Waals surface area contributed by atoms with Gasteiger partial charge in [0.1, 0.15) is 12.4 Å². The quantitative estimate of drug-likeness (QED) is 0.724. The number of ether oxygens (including phenoxy) is 3. The molecule has 0 aromatic heterocycles. The molecule has 0 bridgehead atoms. The summed E-state index contributed by atoms with van der Waals surface area (Å²) < 4.78 is 29.7. The molecule has 2 rings (SSSR count). The Labute approximate surface area is 134 Å². The number of esters is 1. The second-order valence-corrected chi connectivity index (χ2v) is 4.70. The fourth-order valence-electron chi connectivity index (χ4n) is 2.01. The zero-order valence-corrected chi connectivity index (χ0v) is 13.2. The normalized spacial score (nSPS) is 10.2. The van der Waals surface area contributed by atoms with Crippen molar-refractivity contribution >= 4 is 5.97 Å². The number of hydrogen-bond donors (Lipinski definition) is 0. The molecule has 2 aromatic rings. The van der Waals surface area contributed by atoms with E-state index in [-0.39, 0.29) is 12.4 Å². The van der Waals surface area contributed by atoms with Crippen LogP contribution in [0.25, 0.3) is 0 Å². The summed E-state index contributed by atoms with van der Waals surface area (Å²) in [4.78, 5) is 11.8. The highest BCUT2D eigenvalue weighted by atomic mass is 19.1. The molecule has 0 unspecified atom stereocenters. The van der Waals surface area contributed by atoms with Gasteiger partial charge in [-0.15, -0.1) is 0 Å². The van der Waals surface area contributed by atoms with Gasteiger partial charge >= 0.3 is 5.97 Å². The molecular formula is C18H19FO4. The molecule has 0 radical (unpaired) electrons. The Morgan fingerprint density at radius 1 is 1.00 bits per heavy atom. The van der Waals surface area contributed by atoms with E-state index in [0.717, 1.165) is 0 Å². The third kappa shape index (κ3) is 4.45. The van der Waals surface area contributed by atoms with Crippen molar-refractivity contribution in [3.63, 3.8) is 0 Å². The zero-order valence-electron chi connectivity index (χ0n) is 13.2. The smallest absolute Gasteiger partial charge is 0.338 e. The molecule has 0 spiro atoms. The van der Waals surface area contributed by atoms with Crippen LogP contribution < -0.4 is 9.47 Å². The van der Waals surface area contributed by atoms with Crippen molar-refractivity contribution in [2.75, 3.05) is 13.2 Å². The zero-order chi connectivity index (χ0) is 16.7. The highest BCUT2D eigenvalue weighted by Crippen LogP contribution is 2.29. The number of carbonyl (C=O) groups excluding carboxylic acids is 1. The van der Waals surface area contributed by atoms with E-state index in [1.54, 1.807) is 43.3 Å². The maximum atomic E-state index is 13.6. The van der Waals surface area contributed by atoms with Crippen molar-refractivity contribution < 1.29 is 23.4 Å². The topological polar surface area (TPSA) is 44.8 Å². The number of hydrogen-bond acceptors (Lipinski definition) is 4. The van der Waals surface area contributed by atoms with Crippen molar-refractivity contribution in [3.05, 3.63) is 59.4 Å². The summed E-state index contributed by atoms with van der Waals surface area (Å²) in [5.41, 5.74) is 0.831. The second-order valence-electron chi connectivity index (χ2n) is 4.70. The average Bonchev–Trinajstić information content (AvgIpc) is 2.55. The molecule has 0 aliphatic carbocycles. The third-order valence-corrected chi connectivity index (χ3v) is 3.10. The predicted octanol–water partition coefficient (Wildman–Crippen LogP) is 3.98. The molecule has 5 heteroatoms. The molecule has 0 amide bonds. The molecule has 2 aromatic carbocycles. The average molecular weight is 318 g/mol. The third-order valence-electron chi connectivity index (χ3n) is 3.10. The molecule has 0 aliphatic rings. The molecule has 0 fully saturated rings. The van der Waals surface area contributed by atoms with E-state index in [2.05, 4.69) is 0 Å². The van der Waals surface area contributed by atoms with Gasteiger partial charge in [0.2, 0.25) is 0 Å². The van der Waals surface area contributed by atoms with Gasteiger partial charge in [0.15, 0.2) is 11.5 Å². The monoisotopic (exact) mass is 318 g/mol. The molecule has 4 nitrogen and oxygen atoms in total. The van der Waals surface area contributed by atoms with Crippen molar-refractivity contribution in [1.29, 1.82) is 0 Å². The van der Waals surface area contributed by atoms with E-state index in [9.17, 15) is 9.18 Å². The first-order chi connectivity index (χ1) is 11.2. The molecule has 0 atom stereocenters. The molecule has 23 heavy (non-hydrogen) atoms. The number of carbonyl (C=O) groups is 1. The summed E-state index contributed by atoms with van der Waals surface area (Å²) in [6.45, 7) is 4.37.